The van der Waals surface area contributed by atoms with Crippen LogP contribution in [0.15, 0.2) is 11.6 Å². The molecule has 0 aromatic rings. The number of likely N-dealkylation sites (N-methyl/N-ethyl adjacent to an activating group) is 1. The summed E-state index contributed by atoms with van der Waals surface area (Å²) in [7, 11) is 1.86. The number of ether oxygens (including phenoxy) is 1. The van der Waals surface area contributed by atoms with Crippen LogP contribution in [0, 0.1) is 5.92 Å². The SMILES string of the molecule is CNC1COCC1C(=O)C=C(C)C. The molecule has 3 heteroatoms. The van der Waals surface area contributed by atoms with Crippen LogP contribution in [-0.2, 0) is 9.53 Å². The number of rotatable bonds is 3. The highest BCUT2D eigenvalue weighted by molar-refractivity contribution is 5.93. The Balaban J connectivity index is 2.60. The summed E-state index contributed by atoms with van der Waals surface area (Å²) in [5.74, 6) is 0.178. The molecule has 1 saturated heterocycles. The van der Waals surface area contributed by atoms with Gasteiger partial charge in [-0.2, -0.15) is 0 Å². The molecule has 13 heavy (non-hydrogen) atoms. The van der Waals surface area contributed by atoms with Crippen molar-refractivity contribution in [2.75, 3.05) is 20.3 Å². The summed E-state index contributed by atoms with van der Waals surface area (Å²) in [6.07, 6.45) is 1.70. The lowest BCUT2D eigenvalue weighted by molar-refractivity contribution is -0.118. The molecular weight excluding hydrogens is 166 g/mol. The molecule has 1 heterocycles. The van der Waals surface area contributed by atoms with E-state index in [1.165, 1.54) is 0 Å². The smallest absolute Gasteiger partial charge is 0.162 e. The number of ketones is 1. The first-order valence-corrected chi connectivity index (χ1v) is 4.59. The molecule has 0 aromatic carbocycles. The van der Waals surface area contributed by atoms with Crippen molar-refractivity contribution in [2.24, 2.45) is 5.92 Å². The molecule has 0 radical (unpaired) electrons. The van der Waals surface area contributed by atoms with Gasteiger partial charge in [-0.25, -0.2) is 0 Å². The summed E-state index contributed by atoms with van der Waals surface area (Å²) in [6.45, 7) is 5.06. The van der Waals surface area contributed by atoms with E-state index in [1.54, 1.807) is 6.08 Å². The average molecular weight is 183 g/mol. The lowest BCUT2D eigenvalue weighted by Crippen LogP contribution is -2.36. The van der Waals surface area contributed by atoms with Crippen molar-refractivity contribution >= 4 is 5.78 Å². The lowest BCUT2D eigenvalue weighted by atomic mass is 9.97. The third kappa shape index (κ3) is 2.64. The van der Waals surface area contributed by atoms with Gasteiger partial charge in [-0.3, -0.25) is 4.79 Å². The highest BCUT2D eigenvalue weighted by atomic mass is 16.5. The molecule has 1 aliphatic heterocycles. The molecule has 0 saturated carbocycles. The largest absolute Gasteiger partial charge is 0.379 e. The minimum absolute atomic E-state index is 0.0000926. The van der Waals surface area contributed by atoms with Gasteiger partial charge in [0, 0.05) is 6.04 Å². The van der Waals surface area contributed by atoms with Crippen LogP contribution < -0.4 is 5.32 Å². The number of nitrogens with one attached hydrogen (secondary N) is 1. The Kier molecular flexibility index (Phi) is 3.63. The van der Waals surface area contributed by atoms with Crippen molar-refractivity contribution < 1.29 is 9.53 Å². The van der Waals surface area contributed by atoms with Crippen molar-refractivity contribution in [3.8, 4) is 0 Å². The second kappa shape index (κ2) is 4.53. The predicted octanol–water partition coefficient (Wildman–Crippen LogP) is 0.756. The van der Waals surface area contributed by atoms with E-state index >= 15 is 0 Å². The van der Waals surface area contributed by atoms with Crippen LogP contribution in [0.2, 0.25) is 0 Å². The number of carbonyl (C=O) groups excluding carboxylic acids is 1. The van der Waals surface area contributed by atoms with E-state index in [4.69, 9.17) is 4.74 Å². The second-order valence-electron chi connectivity index (χ2n) is 3.66. The minimum atomic E-state index is -0.0000926. The normalized spacial score (nSPS) is 27.3. The molecule has 74 valence electrons. The van der Waals surface area contributed by atoms with Crippen LogP contribution in [-0.4, -0.2) is 32.1 Å². The minimum Gasteiger partial charge on any atom is -0.379 e. The van der Waals surface area contributed by atoms with Crippen LogP contribution in [0.25, 0.3) is 0 Å². The van der Waals surface area contributed by atoms with Crippen LogP contribution in [0.5, 0.6) is 0 Å². The Morgan fingerprint density at radius 2 is 2.15 bits per heavy atom. The summed E-state index contributed by atoms with van der Waals surface area (Å²) in [5, 5.41) is 3.09. The number of hydrogen-bond donors (Lipinski definition) is 1. The van der Waals surface area contributed by atoms with Crippen LogP contribution >= 0.6 is 0 Å². The van der Waals surface area contributed by atoms with Gasteiger partial charge in [-0.15, -0.1) is 0 Å². The first-order chi connectivity index (χ1) is 6.15. The molecule has 0 aliphatic carbocycles. The van der Waals surface area contributed by atoms with Gasteiger partial charge in [0.1, 0.15) is 0 Å². The van der Waals surface area contributed by atoms with E-state index in [0.717, 1.165) is 5.57 Å². The van der Waals surface area contributed by atoms with Gasteiger partial charge in [0.15, 0.2) is 5.78 Å². The van der Waals surface area contributed by atoms with E-state index < -0.39 is 0 Å². The van der Waals surface area contributed by atoms with Gasteiger partial charge in [0.05, 0.1) is 19.1 Å². The van der Waals surface area contributed by atoms with Gasteiger partial charge >= 0.3 is 0 Å². The molecule has 1 rings (SSSR count). The maximum atomic E-state index is 11.6. The zero-order valence-corrected chi connectivity index (χ0v) is 8.46. The van der Waals surface area contributed by atoms with E-state index in [9.17, 15) is 4.79 Å². The fourth-order valence-corrected chi connectivity index (χ4v) is 1.51. The van der Waals surface area contributed by atoms with Gasteiger partial charge in [-0.05, 0) is 27.0 Å². The Hall–Kier alpha value is -0.670. The Morgan fingerprint density at radius 1 is 1.46 bits per heavy atom. The van der Waals surface area contributed by atoms with E-state index in [0.29, 0.717) is 13.2 Å². The maximum Gasteiger partial charge on any atom is 0.162 e. The van der Waals surface area contributed by atoms with Crippen molar-refractivity contribution in [2.45, 2.75) is 19.9 Å². The molecule has 0 aromatic heterocycles. The van der Waals surface area contributed by atoms with Gasteiger partial charge < -0.3 is 10.1 Å². The summed E-state index contributed by atoms with van der Waals surface area (Å²) < 4.78 is 5.25. The summed E-state index contributed by atoms with van der Waals surface area (Å²) in [6, 6.07) is 0.183. The van der Waals surface area contributed by atoms with Crippen molar-refractivity contribution in [1.29, 1.82) is 0 Å². The quantitative estimate of drug-likeness (QED) is 0.656. The first-order valence-electron chi connectivity index (χ1n) is 4.59. The van der Waals surface area contributed by atoms with Crippen molar-refractivity contribution in [3.05, 3.63) is 11.6 Å². The Bertz CT molecular complexity index is 219. The second-order valence-corrected chi connectivity index (χ2v) is 3.66. The first kappa shape index (κ1) is 10.4. The number of allylic oxidation sites excluding steroid dienone is 2. The molecule has 0 amide bonds. The molecule has 1 aliphatic rings. The fraction of sp³-hybridized carbons (Fsp3) is 0.700. The Morgan fingerprint density at radius 3 is 2.69 bits per heavy atom. The van der Waals surface area contributed by atoms with Crippen LogP contribution in [0.1, 0.15) is 13.8 Å². The predicted molar refractivity (Wildman–Crippen MR) is 51.6 cm³/mol. The molecular formula is C10H17NO2. The molecule has 3 nitrogen and oxygen atoms in total. The molecule has 1 fully saturated rings. The highest BCUT2D eigenvalue weighted by Gasteiger charge is 2.31. The molecule has 0 bridgehead atoms. The third-order valence-corrected chi connectivity index (χ3v) is 2.25. The summed E-state index contributed by atoms with van der Waals surface area (Å²) in [5.41, 5.74) is 1.05. The Labute approximate surface area is 79.2 Å². The molecule has 1 N–H and O–H groups in total. The monoisotopic (exact) mass is 183 g/mol. The zero-order chi connectivity index (χ0) is 9.84. The van der Waals surface area contributed by atoms with Crippen molar-refractivity contribution in [3.63, 3.8) is 0 Å². The molecule has 0 spiro atoms. The van der Waals surface area contributed by atoms with E-state index in [1.807, 2.05) is 20.9 Å². The third-order valence-electron chi connectivity index (χ3n) is 2.25. The summed E-state index contributed by atoms with van der Waals surface area (Å²) >= 11 is 0. The van der Waals surface area contributed by atoms with Gasteiger partial charge in [0.25, 0.3) is 0 Å². The lowest BCUT2D eigenvalue weighted by Gasteiger charge is -2.13. The maximum absolute atomic E-state index is 11.6. The van der Waals surface area contributed by atoms with E-state index in [2.05, 4.69) is 5.32 Å². The number of hydrogen-bond acceptors (Lipinski definition) is 3. The molecule has 2 unspecified atom stereocenters. The van der Waals surface area contributed by atoms with Gasteiger partial charge in [-0.1, -0.05) is 5.57 Å². The van der Waals surface area contributed by atoms with E-state index in [-0.39, 0.29) is 17.7 Å². The van der Waals surface area contributed by atoms with Gasteiger partial charge in [0.2, 0.25) is 0 Å². The van der Waals surface area contributed by atoms with Crippen LogP contribution in [0.4, 0.5) is 0 Å². The number of carbonyl (C=O) groups is 1. The highest BCUT2D eigenvalue weighted by Crippen LogP contribution is 2.15. The fourth-order valence-electron chi connectivity index (χ4n) is 1.51. The average Bonchev–Trinajstić information content (AvgIpc) is 2.49. The standard InChI is InChI=1S/C10H17NO2/c1-7(2)4-10(12)8-5-13-6-9(8)11-3/h4,8-9,11H,5-6H2,1-3H3. The van der Waals surface area contributed by atoms with Crippen LogP contribution in [0.3, 0.4) is 0 Å². The summed E-state index contributed by atoms with van der Waals surface area (Å²) in [4.78, 5) is 11.6. The molecule has 2 atom stereocenters. The zero-order valence-electron chi connectivity index (χ0n) is 8.46. The topological polar surface area (TPSA) is 38.3 Å². The van der Waals surface area contributed by atoms with Crippen molar-refractivity contribution in [1.82, 2.24) is 5.32 Å².